The number of hydrogen-bond donors (Lipinski definition) is 0. The number of azo groups is 1. The fourth-order valence-electron chi connectivity index (χ4n) is 2.17. The molecule has 21 heavy (non-hydrogen) atoms. The number of benzene rings is 1. The second-order valence-corrected chi connectivity index (χ2v) is 6.00. The van der Waals surface area contributed by atoms with E-state index >= 15 is 0 Å². The van der Waals surface area contributed by atoms with E-state index < -0.39 is 0 Å². The number of nitrogens with zero attached hydrogens (tertiary/aromatic N) is 4. The Balaban J connectivity index is 2.09. The third-order valence-electron chi connectivity index (χ3n) is 3.34. The summed E-state index contributed by atoms with van der Waals surface area (Å²) in [4.78, 5) is 4.49. The minimum absolute atomic E-state index is 0.757. The maximum atomic E-state index is 4.49. The van der Waals surface area contributed by atoms with Crippen LogP contribution in [0.5, 0.6) is 0 Å². The van der Waals surface area contributed by atoms with Gasteiger partial charge in [0.1, 0.15) is 5.65 Å². The molecule has 1 aromatic carbocycles. The standard InChI is InChI=1S/C16H15BrN4/c1-10-4-5-11(2)14(8-10)19-20-16-12(3)18-15-7-6-13(17)9-21(15)16/h4-9H,1-3H3. The van der Waals surface area contributed by atoms with Gasteiger partial charge in [-0.15, -0.1) is 10.2 Å². The van der Waals surface area contributed by atoms with Gasteiger partial charge in [-0.3, -0.25) is 4.40 Å². The van der Waals surface area contributed by atoms with Crippen molar-refractivity contribution < 1.29 is 0 Å². The van der Waals surface area contributed by atoms with Crippen LogP contribution in [0.25, 0.3) is 5.65 Å². The summed E-state index contributed by atoms with van der Waals surface area (Å²) in [5.41, 5.74) is 4.90. The smallest absolute Gasteiger partial charge is 0.182 e. The Morgan fingerprint density at radius 1 is 1.05 bits per heavy atom. The van der Waals surface area contributed by atoms with Crippen LogP contribution in [0, 0.1) is 20.8 Å². The summed E-state index contributed by atoms with van der Waals surface area (Å²) in [6, 6.07) is 10.1. The highest BCUT2D eigenvalue weighted by Gasteiger charge is 2.08. The Morgan fingerprint density at radius 3 is 2.67 bits per heavy atom. The third kappa shape index (κ3) is 2.74. The molecule has 0 saturated carbocycles. The minimum Gasteiger partial charge on any atom is -0.282 e. The Morgan fingerprint density at radius 2 is 1.86 bits per heavy atom. The SMILES string of the molecule is Cc1ccc(C)c(N=Nc2c(C)nc3ccc(Br)cn23)c1. The van der Waals surface area contributed by atoms with Crippen molar-refractivity contribution >= 4 is 33.1 Å². The molecule has 106 valence electrons. The van der Waals surface area contributed by atoms with Crippen molar-refractivity contribution in [3.05, 3.63) is 57.8 Å². The third-order valence-corrected chi connectivity index (χ3v) is 3.81. The second kappa shape index (κ2) is 5.41. The highest BCUT2D eigenvalue weighted by molar-refractivity contribution is 9.10. The van der Waals surface area contributed by atoms with Gasteiger partial charge in [0.2, 0.25) is 0 Å². The lowest BCUT2D eigenvalue weighted by atomic mass is 10.1. The Labute approximate surface area is 131 Å². The van der Waals surface area contributed by atoms with Crippen LogP contribution in [-0.4, -0.2) is 9.38 Å². The Hall–Kier alpha value is -2.01. The van der Waals surface area contributed by atoms with Gasteiger partial charge in [0.05, 0.1) is 11.4 Å². The average Bonchev–Trinajstić information content (AvgIpc) is 2.75. The second-order valence-electron chi connectivity index (χ2n) is 5.09. The highest BCUT2D eigenvalue weighted by atomic mass is 79.9. The molecule has 0 unspecified atom stereocenters. The molecule has 0 amide bonds. The van der Waals surface area contributed by atoms with Crippen molar-refractivity contribution in [1.29, 1.82) is 0 Å². The van der Waals surface area contributed by atoms with Gasteiger partial charge in [0.25, 0.3) is 0 Å². The number of aromatic nitrogens is 2. The zero-order valence-corrected chi connectivity index (χ0v) is 13.7. The van der Waals surface area contributed by atoms with Crippen LogP contribution in [0.3, 0.4) is 0 Å². The zero-order valence-electron chi connectivity index (χ0n) is 12.1. The lowest BCUT2D eigenvalue weighted by Crippen LogP contribution is -1.83. The summed E-state index contributed by atoms with van der Waals surface area (Å²) in [5, 5.41) is 8.81. The quantitative estimate of drug-likeness (QED) is 0.572. The van der Waals surface area contributed by atoms with E-state index in [1.54, 1.807) is 0 Å². The van der Waals surface area contributed by atoms with Crippen molar-refractivity contribution in [2.75, 3.05) is 0 Å². The van der Waals surface area contributed by atoms with E-state index in [0.29, 0.717) is 0 Å². The predicted molar refractivity (Wildman–Crippen MR) is 87.7 cm³/mol. The number of halogens is 1. The first-order valence-corrected chi connectivity index (χ1v) is 7.47. The van der Waals surface area contributed by atoms with Crippen LogP contribution in [0.4, 0.5) is 11.5 Å². The summed E-state index contributed by atoms with van der Waals surface area (Å²) in [7, 11) is 0. The molecule has 0 bridgehead atoms. The summed E-state index contributed by atoms with van der Waals surface area (Å²) in [6.07, 6.45) is 1.95. The van der Waals surface area contributed by atoms with E-state index in [2.05, 4.69) is 50.2 Å². The first-order chi connectivity index (χ1) is 10.0. The van der Waals surface area contributed by atoms with E-state index in [9.17, 15) is 0 Å². The van der Waals surface area contributed by atoms with Gasteiger partial charge in [-0.1, -0.05) is 12.1 Å². The molecule has 3 aromatic rings. The molecular formula is C16H15BrN4. The van der Waals surface area contributed by atoms with Gasteiger partial charge >= 0.3 is 0 Å². The number of pyridine rings is 1. The minimum atomic E-state index is 0.757. The van der Waals surface area contributed by atoms with Crippen molar-refractivity contribution in [2.24, 2.45) is 10.2 Å². The predicted octanol–water partition coefficient (Wildman–Crippen LogP) is 5.44. The van der Waals surface area contributed by atoms with Crippen molar-refractivity contribution in [2.45, 2.75) is 20.8 Å². The van der Waals surface area contributed by atoms with Gasteiger partial charge in [-0.25, -0.2) is 4.98 Å². The van der Waals surface area contributed by atoms with Gasteiger partial charge in [-0.2, -0.15) is 0 Å². The number of hydrogen-bond acceptors (Lipinski definition) is 3. The fraction of sp³-hybridized carbons (Fsp3) is 0.188. The number of fused-ring (bicyclic) bond motifs is 1. The average molecular weight is 343 g/mol. The van der Waals surface area contributed by atoms with Gasteiger partial charge in [-0.05, 0) is 66.0 Å². The van der Waals surface area contributed by atoms with E-state index in [1.165, 1.54) is 5.56 Å². The zero-order chi connectivity index (χ0) is 15.0. The molecule has 0 fully saturated rings. The van der Waals surface area contributed by atoms with Crippen LogP contribution in [0.2, 0.25) is 0 Å². The number of imidazole rings is 1. The summed E-state index contributed by atoms with van der Waals surface area (Å²) < 4.78 is 2.92. The van der Waals surface area contributed by atoms with Crippen molar-refractivity contribution in [3.8, 4) is 0 Å². The normalized spacial score (nSPS) is 11.6. The molecule has 0 aliphatic carbocycles. The lowest BCUT2D eigenvalue weighted by Gasteiger charge is -2.01. The molecule has 0 aliphatic heterocycles. The van der Waals surface area contributed by atoms with Crippen LogP contribution < -0.4 is 0 Å². The molecule has 2 heterocycles. The topological polar surface area (TPSA) is 42.0 Å². The van der Waals surface area contributed by atoms with Crippen LogP contribution in [0.1, 0.15) is 16.8 Å². The van der Waals surface area contributed by atoms with E-state index in [1.807, 2.05) is 42.6 Å². The molecule has 2 aromatic heterocycles. The maximum absolute atomic E-state index is 4.49. The maximum Gasteiger partial charge on any atom is 0.182 e. The Kier molecular flexibility index (Phi) is 3.59. The van der Waals surface area contributed by atoms with Crippen LogP contribution in [-0.2, 0) is 0 Å². The van der Waals surface area contributed by atoms with Crippen LogP contribution >= 0.6 is 15.9 Å². The van der Waals surface area contributed by atoms with Gasteiger partial charge < -0.3 is 0 Å². The number of aryl methyl sites for hydroxylation is 3. The molecule has 0 spiro atoms. The molecule has 0 saturated heterocycles. The molecule has 5 heteroatoms. The Bertz CT molecular complexity index is 849. The summed E-state index contributed by atoms with van der Waals surface area (Å²) in [6.45, 7) is 6.03. The molecule has 4 nitrogen and oxygen atoms in total. The number of rotatable bonds is 2. The van der Waals surface area contributed by atoms with Crippen molar-refractivity contribution in [1.82, 2.24) is 9.38 Å². The molecule has 0 N–H and O–H groups in total. The molecule has 3 rings (SSSR count). The first kappa shape index (κ1) is 13.9. The van der Waals surface area contributed by atoms with Crippen molar-refractivity contribution in [3.63, 3.8) is 0 Å². The molecule has 0 aliphatic rings. The van der Waals surface area contributed by atoms with Gasteiger partial charge in [0.15, 0.2) is 5.82 Å². The van der Waals surface area contributed by atoms with E-state index in [0.717, 1.165) is 32.9 Å². The highest BCUT2D eigenvalue weighted by Crippen LogP contribution is 2.27. The summed E-state index contributed by atoms with van der Waals surface area (Å²) >= 11 is 3.47. The van der Waals surface area contributed by atoms with E-state index in [-0.39, 0.29) is 0 Å². The molecule has 0 atom stereocenters. The first-order valence-electron chi connectivity index (χ1n) is 6.68. The lowest BCUT2D eigenvalue weighted by molar-refractivity contribution is 1.08. The molecular weight excluding hydrogens is 328 g/mol. The summed E-state index contributed by atoms with van der Waals surface area (Å²) in [5.74, 6) is 0.757. The molecule has 0 radical (unpaired) electrons. The largest absolute Gasteiger partial charge is 0.282 e. The van der Waals surface area contributed by atoms with Crippen LogP contribution in [0.15, 0.2) is 51.2 Å². The fourth-order valence-corrected chi connectivity index (χ4v) is 2.51. The monoisotopic (exact) mass is 342 g/mol. The van der Waals surface area contributed by atoms with E-state index in [4.69, 9.17) is 0 Å². The van der Waals surface area contributed by atoms with Gasteiger partial charge in [0, 0.05) is 10.7 Å².